The summed E-state index contributed by atoms with van der Waals surface area (Å²) in [5, 5.41) is 13.6. The zero-order valence-corrected chi connectivity index (χ0v) is 11.0. The van der Waals surface area contributed by atoms with Crippen LogP contribution in [-0.2, 0) is 13.0 Å². The van der Waals surface area contributed by atoms with Gasteiger partial charge in [-0.1, -0.05) is 5.16 Å². The number of thiophene rings is 1. The van der Waals surface area contributed by atoms with Crippen LogP contribution in [0.1, 0.15) is 16.1 Å². The molecule has 0 amide bonds. The lowest BCUT2D eigenvalue weighted by molar-refractivity contribution is 0.318. The molecule has 0 aliphatic carbocycles. The second kappa shape index (κ2) is 4.85. The van der Waals surface area contributed by atoms with E-state index in [2.05, 4.69) is 31.5 Å². The average molecular weight is 275 g/mol. The first kappa shape index (κ1) is 11.9. The molecule has 3 heterocycles. The van der Waals surface area contributed by atoms with Crippen molar-refractivity contribution in [3.63, 3.8) is 0 Å². The molecule has 0 atom stereocenters. The van der Waals surface area contributed by atoms with Crippen LogP contribution in [0.4, 0.5) is 5.82 Å². The number of aromatic nitrogens is 2. The predicted octanol–water partition coefficient (Wildman–Crippen LogP) is 1.20. The lowest BCUT2D eigenvalue weighted by atomic mass is 10.1. The van der Waals surface area contributed by atoms with Crippen LogP contribution in [0.15, 0.2) is 29.0 Å². The number of anilines is 1. The van der Waals surface area contributed by atoms with Crippen molar-refractivity contribution in [2.24, 2.45) is 10.9 Å². The van der Waals surface area contributed by atoms with E-state index in [0.29, 0.717) is 5.69 Å². The number of rotatable bonds is 2. The lowest BCUT2D eigenvalue weighted by Crippen LogP contribution is -2.30. The minimum atomic E-state index is -0.0298. The van der Waals surface area contributed by atoms with Crippen LogP contribution < -0.4 is 10.6 Å². The highest BCUT2D eigenvalue weighted by atomic mass is 32.1. The molecule has 0 saturated heterocycles. The fourth-order valence-corrected chi connectivity index (χ4v) is 3.00. The van der Waals surface area contributed by atoms with E-state index in [1.54, 1.807) is 6.20 Å². The zero-order valence-electron chi connectivity index (χ0n) is 10.2. The van der Waals surface area contributed by atoms with E-state index < -0.39 is 0 Å². The molecule has 3 N–H and O–H groups in total. The number of hydrogen-bond acceptors (Lipinski definition) is 6. The van der Waals surface area contributed by atoms with E-state index in [9.17, 15) is 0 Å². The Bertz CT molecular complexity index is 607. The summed E-state index contributed by atoms with van der Waals surface area (Å²) in [5.41, 5.74) is 7.19. The summed E-state index contributed by atoms with van der Waals surface area (Å²) in [5.74, 6) is 0.782. The van der Waals surface area contributed by atoms with Crippen LogP contribution in [0.3, 0.4) is 0 Å². The number of nitrogens with two attached hydrogens (primary N) is 1. The molecule has 0 unspecified atom stereocenters. The molecule has 0 radical (unpaired) electrons. The molecule has 6 nitrogen and oxygen atoms in total. The third kappa shape index (κ3) is 2.24. The second-order valence-corrected chi connectivity index (χ2v) is 5.29. The highest BCUT2D eigenvalue weighted by molar-refractivity contribution is 7.10. The molecule has 0 bridgehead atoms. The van der Waals surface area contributed by atoms with Crippen LogP contribution in [-0.4, -0.2) is 27.6 Å². The minimum Gasteiger partial charge on any atom is -0.409 e. The van der Waals surface area contributed by atoms with E-state index in [1.807, 2.05) is 11.3 Å². The molecule has 1 aliphatic heterocycles. The summed E-state index contributed by atoms with van der Waals surface area (Å²) in [6.07, 6.45) is 4.22. The maximum Gasteiger partial charge on any atom is 0.190 e. The molecule has 0 fully saturated rings. The standard InChI is InChI=1S/C12H13N5OS/c13-12(16-18)9-5-15-11(6-14-9)17-3-1-10-8(7-17)2-4-19-10/h2,4-6,18H,1,3,7H2,(H2,13,16). The second-order valence-electron chi connectivity index (χ2n) is 4.29. The lowest BCUT2D eigenvalue weighted by Gasteiger charge is -2.27. The molecule has 0 spiro atoms. The zero-order chi connectivity index (χ0) is 13.2. The molecular formula is C12H13N5OS. The van der Waals surface area contributed by atoms with Crippen LogP contribution in [0.25, 0.3) is 0 Å². The molecule has 19 heavy (non-hydrogen) atoms. The average Bonchev–Trinajstić information content (AvgIpc) is 2.94. The van der Waals surface area contributed by atoms with Crippen LogP contribution in [0.5, 0.6) is 0 Å². The van der Waals surface area contributed by atoms with Crippen molar-refractivity contribution in [3.05, 3.63) is 40.0 Å². The third-order valence-electron chi connectivity index (χ3n) is 3.14. The topological polar surface area (TPSA) is 87.6 Å². The molecule has 2 aromatic heterocycles. The van der Waals surface area contributed by atoms with E-state index >= 15 is 0 Å². The molecule has 0 saturated carbocycles. The Labute approximate surface area is 114 Å². The van der Waals surface area contributed by atoms with E-state index in [4.69, 9.17) is 10.9 Å². The van der Waals surface area contributed by atoms with E-state index in [1.165, 1.54) is 16.6 Å². The minimum absolute atomic E-state index is 0.0298. The number of nitrogens with zero attached hydrogens (tertiary/aromatic N) is 4. The van der Waals surface area contributed by atoms with Crippen molar-refractivity contribution in [2.45, 2.75) is 13.0 Å². The van der Waals surface area contributed by atoms with Gasteiger partial charge in [-0.05, 0) is 23.4 Å². The van der Waals surface area contributed by atoms with Gasteiger partial charge < -0.3 is 15.8 Å². The van der Waals surface area contributed by atoms with Crippen molar-refractivity contribution in [1.29, 1.82) is 0 Å². The van der Waals surface area contributed by atoms with Gasteiger partial charge in [0.25, 0.3) is 0 Å². The molecule has 2 aromatic rings. The van der Waals surface area contributed by atoms with Gasteiger partial charge in [0.15, 0.2) is 5.84 Å². The Morgan fingerprint density at radius 3 is 3.05 bits per heavy atom. The number of hydrogen-bond donors (Lipinski definition) is 2. The smallest absolute Gasteiger partial charge is 0.190 e. The maximum atomic E-state index is 8.58. The largest absolute Gasteiger partial charge is 0.409 e. The number of fused-ring (bicyclic) bond motifs is 1. The summed E-state index contributed by atoms with van der Waals surface area (Å²) in [6.45, 7) is 1.79. The highest BCUT2D eigenvalue weighted by Crippen LogP contribution is 2.26. The summed E-state index contributed by atoms with van der Waals surface area (Å²) in [7, 11) is 0. The van der Waals surface area contributed by atoms with Gasteiger partial charge in [0.05, 0.1) is 12.4 Å². The van der Waals surface area contributed by atoms with Gasteiger partial charge in [-0.25, -0.2) is 9.97 Å². The summed E-state index contributed by atoms with van der Waals surface area (Å²) >= 11 is 1.81. The van der Waals surface area contributed by atoms with Crippen molar-refractivity contribution in [2.75, 3.05) is 11.4 Å². The van der Waals surface area contributed by atoms with Crippen LogP contribution in [0.2, 0.25) is 0 Å². The summed E-state index contributed by atoms with van der Waals surface area (Å²) < 4.78 is 0. The van der Waals surface area contributed by atoms with Crippen LogP contribution in [0, 0.1) is 0 Å². The molecular weight excluding hydrogens is 262 g/mol. The summed E-state index contributed by atoms with van der Waals surface area (Å²) in [6, 6.07) is 2.16. The van der Waals surface area contributed by atoms with E-state index in [0.717, 1.165) is 25.3 Å². The van der Waals surface area contributed by atoms with Gasteiger partial charge in [-0.3, -0.25) is 0 Å². The van der Waals surface area contributed by atoms with Crippen LogP contribution >= 0.6 is 11.3 Å². The third-order valence-corrected chi connectivity index (χ3v) is 4.16. The highest BCUT2D eigenvalue weighted by Gasteiger charge is 2.18. The van der Waals surface area contributed by atoms with Gasteiger partial charge >= 0.3 is 0 Å². The SMILES string of the molecule is NC(=NO)c1cnc(N2CCc3sccc3C2)cn1. The van der Waals surface area contributed by atoms with Crippen molar-refractivity contribution < 1.29 is 5.21 Å². The molecule has 0 aromatic carbocycles. The number of oxime groups is 1. The predicted molar refractivity (Wildman–Crippen MR) is 73.6 cm³/mol. The number of amidine groups is 1. The fourth-order valence-electron chi connectivity index (χ4n) is 2.11. The first-order valence-electron chi connectivity index (χ1n) is 5.88. The molecule has 98 valence electrons. The van der Waals surface area contributed by atoms with Gasteiger partial charge in [0, 0.05) is 18.0 Å². The van der Waals surface area contributed by atoms with Gasteiger partial charge in [-0.2, -0.15) is 0 Å². The maximum absolute atomic E-state index is 8.58. The van der Waals surface area contributed by atoms with E-state index in [-0.39, 0.29) is 5.84 Å². The van der Waals surface area contributed by atoms with Gasteiger partial charge in [0.2, 0.25) is 0 Å². The Morgan fingerprint density at radius 1 is 1.42 bits per heavy atom. The van der Waals surface area contributed by atoms with Gasteiger partial charge in [-0.15, -0.1) is 11.3 Å². The summed E-state index contributed by atoms with van der Waals surface area (Å²) in [4.78, 5) is 12.1. The monoisotopic (exact) mass is 275 g/mol. The normalized spacial score (nSPS) is 15.4. The Morgan fingerprint density at radius 2 is 2.32 bits per heavy atom. The van der Waals surface area contributed by atoms with Gasteiger partial charge in [0.1, 0.15) is 11.5 Å². The first-order valence-corrected chi connectivity index (χ1v) is 6.76. The molecule has 3 rings (SSSR count). The quantitative estimate of drug-likeness (QED) is 0.372. The van der Waals surface area contributed by atoms with Crippen molar-refractivity contribution in [3.8, 4) is 0 Å². The van der Waals surface area contributed by atoms with Crippen molar-refractivity contribution in [1.82, 2.24) is 9.97 Å². The Kier molecular flexibility index (Phi) is 3.04. The van der Waals surface area contributed by atoms with Crippen molar-refractivity contribution >= 4 is 23.0 Å². The first-order chi connectivity index (χ1) is 9.28. The Balaban J connectivity index is 1.81. The Hall–Kier alpha value is -2.15. The molecule has 1 aliphatic rings. The fraction of sp³-hybridized carbons (Fsp3) is 0.250. The molecule has 7 heteroatoms.